The maximum absolute atomic E-state index is 11.8. The Morgan fingerprint density at radius 2 is 2.33 bits per heavy atom. The molecule has 4 nitrogen and oxygen atoms in total. The minimum atomic E-state index is 0. The fourth-order valence-corrected chi connectivity index (χ4v) is 1.95. The predicted octanol–water partition coefficient (Wildman–Crippen LogP) is 2.17. The van der Waals surface area contributed by atoms with Gasteiger partial charge in [0, 0.05) is 12.6 Å². The van der Waals surface area contributed by atoms with Gasteiger partial charge in [-0.3, -0.25) is 9.78 Å². The number of aryl methyl sites for hydroxylation is 1. The van der Waals surface area contributed by atoms with Crippen molar-refractivity contribution in [2.75, 3.05) is 18.4 Å². The fourth-order valence-electron chi connectivity index (χ4n) is 1.95. The molecule has 1 aliphatic rings. The molecule has 0 saturated carbocycles. The summed E-state index contributed by atoms with van der Waals surface area (Å²) in [6, 6.07) is 1.90. The van der Waals surface area contributed by atoms with Gasteiger partial charge in [0.15, 0.2) is 0 Å². The molecule has 0 aromatic carbocycles. The van der Waals surface area contributed by atoms with E-state index in [4.69, 9.17) is 0 Å². The minimum Gasteiger partial charge on any atom is -0.325 e. The molecule has 2 N–H and O–H groups in total. The highest BCUT2D eigenvalue weighted by Crippen LogP contribution is 2.15. The smallest absolute Gasteiger partial charge is 0.224 e. The molecule has 0 aliphatic carbocycles. The molecule has 1 aromatic rings. The maximum Gasteiger partial charge on any atom is 0.224 e. The number of nitrogens with zero attached hydrogens (tertiary/aromatic N) is 1. The van der Waals surface area contributed by atoms with E-state index in [1.165, 1.54) is 0 Å². The summed E-state index contributed by atoms with van der Waals surface area (Å²) in [6.45, 7) is 3.96. The van der Waals surface area contributed by atoms with E-state index in [-0.39, 0.29) is 30.7 Å². The number of rotatable bonds is 3. The molecule has 1 amide bonds. The molecule has 0 bridgehead atoms. The van der Waals surface area contributed by atoms with Crippen LogP contribution in [0.3, 0.4) is 0 Å². The first-order valence-electron chi connectivity index (χ1n) is 5.67. The van der Waals surface area contributed by atoms with E-state index in [1.807, 2.05) is 13.0 Å². The molecular weight excluding hydrogens is 273 g/mol. The zero-order valence-electron chi connectivity index (χ0n) is 10.3. The monoisotopic (exact) mass is 291 g/mol. The van der Waals surface area contributed by atoms with Crippen LogP contribution in [0, 0.1) is 12.8 Å². The van der Waals surface area contributed by atoms with Crippen LogP contribution >= 0.6 is 24.8 Å². The topological polar surface area (TPSA) is 54.0 Å². The van der Waals surface area contributed by atoms with Crippen LogP contribution in [0.25, 0.3) is 0 Å². The second-order valence-corrected chi connectivity index (χ2v) is 4.30. The largest absolute Gasteiger partial charge is 0.325 e. The average molecular weight is 292 g/mol. The summed E-state index contributed by atoms with van der Waals surface area (Å²) in [5.41, 5.74) is 1.87. The number of pyridine rings is 1. The van der Waals surface area contributed by atoms with Crippen molar-refractivity contribution >= 4 is 36.4 Å². The van der Waals surface area contributed by atoms with Gasteiger partial charge in [0.2, 0.25) is 5.91 Å². The van der Waals surface area contributed by atoms with Gasteiger partial charge in [0.25, 0.3) is 0 Å². The molecule has 1 saturated heterocycles. The Morgan fingerprint density at radius 1 is 1.56 bits per heavy atom. The Bertz CT molecular complexity index is 381. The molecule has 0 spiro atoms. The molecular formula is C12H19Cl2N3O. The van der Waals surface area contributed by atoms with E-state index in [1.54, 1.807) is 12.4 Å². The number of hydrogen-bond donors (Lipinski definition) is 2. The van der Waals surface area contributed by atoms with Crippen LogP contribution in [-0.4, -0.2) is 24.0 Å². The van der Waals surface area contributed by atoms with Gasteiger partial charge in [-0.05, 0) is 44.0 Å². The van der Waals surface area contributed by atoms with Crippen LogP contribution in [0.4, 0.5) is 5.69 Å². The Morgan fingerprint density at radius 3 is 2.94 bits per heavy atom. The van der Waals surface area contributed by atoms with Crippen LogP contribution in [0.15, 0.2) is 18.5 Å². The zero-order chi connectivity index (χ0) is 11.4. The van der Waals surface area contributed by atoms with Gasteiger partial charge in [-0.2, -0.15) is 0 Å². The third-order valence-corrected chi connectivity index (χ3v) is 2.95. The number of amides is 1. The molecule has 18 heavy (non-hydrogen) atoms. The number of carbonyl (C=O) groups excluding carboxylic acids is 1. The average Bonchev–Trinajstić information content (AvgIpc) is 2.74. The number of anilines is 1. The van der Waals surface area contributed by atoms with Gasteiger partial charge < -0.3 is 10.6 Å². The van der Waals surface area contributed by atoms with Gasteiger partial charge in [0.1, 0.15) is 0 Å². The third kappa shape index (κ3) is 4.80. The molecule has 1 aliphatic heterocycles. The summed E-state index contributed by atoms with van der Waals surface area (Å²) >= 11 is 0. The van der Waals surface area contributed by atoms with E-state index in [0.29, 0.717) is 12.3 Å². The molecule has 1 unspecified atom stereocenters. The van der Waals surface area contributed by atoms with Gasteiger partial charge in [0.05, 0.1) is 11.9 Å². The second kappa shape index (κ2) is 8.29. The second-order valence-electron chi connectivity index (χ2n) is 4.30. The molecule has 2 rings (SSSR count). The third-order valence-electron chi connectivity index (χ3n) is 2.95. The lowest BCUT2D eigenvalue weighted by molar-refractivity contribution is -0.116. The highest BCUT2D eigenvalue weighted by atomic mass is 35.5. The summed E-state index contributed by atoms with van der Waals surface area (Å²) in [7, 11) is 0. The SMILES string of the molecule is Cc1ccncc1NC(=O)CC1CCNC1.Cl.Cl. The molecule has 1 aromatic heterocycles. The fraction of sp³-hybridized carbons (Fsp3) is 0.500. The van der Waals surface area contributed by atoms with Crippen LogP contribution in [0.5, 0.6) is 0 Å². The van der Waals surface area contributed by atoms with E-state index >= 15 is 0 Å². The number of hydrogen-bond acceptors (Lipinski definition) is 3. The highest BCUT2D eigenvalue weighted by molar-refractivity contribution is 5.91. The molecule has 1 fully saturated rings. The number of carbonyl (C=O) groups is 1. The summed E-state index contributed by atoms with van der Waals surface area (Å²) in [5.74, 6) is 0.571. The van der Waals surface area contributed by atoms with Crippen molar-refractivity contribution in [2.45, 2.75) is 19.8 Å². The maximum atomic E-state index is 11.8. The van der Waals surface area contributed by atoms with Crippen molar-refractivity contribution in [3.63, 3.8) is 0 Å². The number of nitrogens with one attached hydrogen (secondary N) is 2. The van der Waals surface area contributed by atoms with Crippen LogP contribution in [0.1, 0.15) is 18.4 Å². The van der Waals surface area contributed by atoms with Crippen LogP contribution in [0.2, 0.25) is 0 Å². The number of aromatic nitrogens is 1. The first-order chi connectivity index (χ1) is 7.75. The van der Waals surface area contributed by atoms with Crippen molar-refractivity contribution < 1.29 is 4.79 Å². The molecule has 6 heteroatoms. The highest BCUT2D eigenvalue weighted by Gasteiger charge is 2.18. The number of halogens is 2. The molecule has 0 radical (unpaired) electrons. The Balaban J connectivity index is 0.00000144. The van der Waals surface area contributed by atoms with Crippen molar-refractivity contribution in [3.8, 4) is 0 Å². The van der Waals surface area contributed by atoms with E-state index in [0.717, 1.165) is 30.8 Å². The summed E-state index contributed by atoms with van der Waals surface area (Å²) in [4.78, 5) is 15.8. The van der Waals surface area contributed by atoms with Gasteiger partial charge in [-0.25, -0.2) is 0 Å². The zero-order valence-corrected chi connectivity index (χ0v) is 11.9. The summed E-state index contributed by atoms with van der Waals surface area (Å²) in [5, 5.41) is 6.17. The molecule has 102 valence electrons. The van der Waals surface area contributed by atoms with E-state index in [2.05, 4.69) is 15.6 Å². The first kappa shape index (κ1) is 17.2. The summed E-state index contributed by atoms with van der Waals surface area (Å²) < 4.78 is 0. The van der Waals surface area contributed by atoms with Gasteiger partial charge in [-0.15, -0.1) is 24.8 Å². The van der Waals surface area contributed by atoms with Crippen molar-refractivity contribution in [2.24, 2.45) is 5.92 Å². The lowest BCUT2D eigenvalue weighted by atomic mass is 10.0. The van der Waals surface area contributed by atoms with Crippen LogP contribution in [-0.2, 0) is 4.79 Å². The standard InChI is InChI=1S/C12H17N3O.2ClH/c1-9-2-4-14-8-11(9)15-12(16)6-10-3-5-13-7-10;;/h2,4,8,10,13H,3,5-7H2,1H3,(H,15,16);2*1H. The predicted molar refractivity (Wildman–Crippen MR) is 77.7 cm³/mol. The van der Waals surface area contributed by atoms with Crippen molar-refractivity contribution in [1.29, 1.82) is 0 Å². The Hall–Kier alpha value is -0.840. The van der Waals surface area contributed by atoms with Crippen LogP contribution < -0.4 is 10.6 Å². The first-order valence-corrected chi connectivity index (χ1v) is 5.67. The Kier molecular flexibility index (Phi) is 7.91. The van der Waals surface area contributed by atoms with Crippen molar-refractivity contribution in [1.82, 2.24) is 10.3 Å². The Labute approximate surface area is 120 Å². The molecule has 1 atom stereocenters. The minimum absolute atomic E-state index is 0. The lowest BCUT2D eigenvalue weighted by Crippen LogP contribution is -2.18. The van der Waals surface area contributed by atoms with Gasteiger partial charge in [-0.1, -0.05) is 0 Å². The normalized spacial score (nSPS) is 17.5. The quantitative estimate of drug-likeness (QED) is 0.897. The lowest BCUT2D eigenvalue weighted by Gasteiger charge is -2.10. The van der Waals surface area contributed by atoms with Crippen molar-refractivity contribution in [3.05, 3.63) is 24.0 Å². The molecule has 2 heterocycles. The van der Waals surface area contributed by atoms with E-state index in [9.17, 15) is 4.79 Å². The van der Waals surface area contributed by atoms with Gasteiger partial charge >= 0.3 is 0 Å². The summed E-state index contributed by atoms with van der Waals surface area (Å²) in [6.07, 6.45) is 5.12. The van der Waals surface area contributed by atoms with E-state index < -0.39 is 0 Å².